The van der Waals surface area contributed by atoms with Crippen molar-refractivity contribution in [3.63, 3.8) is 0 Å². The van der Waals surface area contributed by atoms with E-state index in [4.69, 9.17) is 9.26 Å². The summed E-state index contributed by atoms with van der Waals surface area (Å²) in [5.41, 5.74) is 0. The zero-order valence-corrected chi connectivity index (χ0v) is 11.0. The van der Waals surface area contributed by atoms with Crippen molar-refractivity contribution in [2.45, 2.75) is 52.3 Å². The molecule has 17 heavy (non-hydrogen) atoms. The Balaban J connectivity index is 1.98. The molecule has 1 fully saturated rings. The number of ether oxygens (including phenoxy) is 1. The normalized spacial score (nSPS) is 26.6. The Kier molecular flexibility index (Phi) is 3.79. The Morgan fingerprint density at radius 1 is 1.41 bits per heavy atom. The minimum Gasteiger partial charge on any atom is -0.376 e. The average Bonchev–Trinajstić information content (AvgIpc) is 2.72. The van der Waals surface area contributed by atoms with Crippen molar-refractivity contribution >= 4 is 0 Å². The van der Waals surface area contributed by atoms with E-state index >= 15 is 0 Å². The standard InChI is InChI=1S/C12H21N3O2/c1-8(2)12-13-11(17-14-12)6-15-5-10(4)16-7-9(15)3/h8-10H,5-7H2,1-4H3/t9-,10-/m1/s1. The minimum absolute atomic E-state index is 0.277. The minimum atomic E-state index is 0.277. The van der Waals surface area contributed by atoms with Gasteiger partial charge in [-0.1, -0.05) is 19.0 Å². The lowest BCUT2D eigenvalue weighted by Crippen LogP contribution is -2.46. The zero-order chi connectivity index (χ0) is 12.4. The van der Waals surface area contributed by atoms with E-state index in [9.17, 15) is 0 Å². The second-order valence-corrected chi connectivity index (χ2v) is 5.12. The molecule has 2 rings (SSSR count). The van der Waals surface area contributed by atoms with E-state index in [0.29, 0.717) is 24.4 Å². The molecule has 1 aliphatic rings. The van der Waals surface area contributed by atoms with Crippen LogP contribution in [0, 0.1) is 0 Å². The predicted octanol–water partition coefficient (Wildman–Crippen LogP) is 1.80. The molecule has 0 N–H and O–H groups in total. The highest BCUT2D eigenvalue weighted by molar-refractivity contribution is 4.92. The summed E-state index contributed by atoms with van der Waals surface area (Å²) in [6.07, 6.45) is 0.277. The smallest absolute Gasteiger partial charge is 0.240 e. The third-order valence-electron chi connectivity index (χ3n) is 3.08. The number of hydrogen-bond donors (Lipinski definition) is 0. The van der Waals surface area contributed by atoms with Crippen molar-refractivity contribution < 1.29 is 9.26 Å². The average molecular weight is 239 g/mol. The van der Waals surface area contributed by atoms with Gasteiger partial charge in [-0.3, -0.25) is 4.90 Å². The third-order valence-corrected chi connectivity index (χ3v) is 3.08. The maximum Gasteiger partial charge on any atom is 0.240 e. The Morgan fingerprint density at radius 3 is 2.82 bits per heavy atom. The van der Waals surface area contributed by atoms with E-state index in [0.717, 1.165) is 19.0 Å². The molecule has 1 aromatic heterocycles. The van der Waals surface area contributed by atoms with Crippen molar-refractivity contribution in [1.29, 1.82) is 0 Å². The van der Waals surface area contributed by atoms with Gasteiger partial charge in [0.25, 0.3) is 0 Å². The molecule has 1 aromatic rings. The van der Waals surface area contributed by atoms with Crippen LogP contribution in [0.25, 0.3) is 0 Å². The highest BCUT2D eigenvalue weighted by Gasteiger charge is 2.25. The van der Waals surface area contributed by atoms with Crippen LogP contribution < -0.4 is 0 Å². The summed E-state index contributed by atoms with van der Waals surface area (Å²) in [5.74, 6) is 1.80. The van der Waals surface area contributed by atoms with E-state index < -0.39 is 0 Å². The second kappa shape index (κ2) is 5.14. The summed E-state index contributed by atoms with van der Waals surface area (Å²) < 4.78 is 10.9. The van der Waals surface area contributed by atoms with E-state index in [-0.39, 0.29) is 6.10 Å². The zero-order valence-electron chi connectivity index (χ0n) is 11.0. The van der Waals surface area contributed by atoms with Crippen molar-refractivity contribution in [3.8, 4) is 0 Å². The van der Waals surface area contributed by atoms with Gasteiger partial charge in [0.05, 0.1) is 19.3 Å². The summed E-state index contributed by atoms with van der Waals surface area (Å²) in [6.45, 7) is 10.8. The summed E-state index contributed by atoms with van der Waals surface area (Å²) in [7, 11) is 0. The van der Waals surface area contributed by atoms with Crippen molar-refractivity contribution in [2.75, 3.05) is 13.2 Å². The summed E-state index contributed by atoms with van der Waals surface area (Å²) in [4.78, 5) is 6.73. The van der Waals surface area contributed by atoms with Crippen LogP contribution in [0.4, 0.5) is 0 Å². The van der Waals surface area contributed by atoms with Gasteiger partial charge in [-0.25, -0.2) is 0 Å². The molecule has 5 nitrogen and oxygen atoms in total. The van der Waals surface area contributed by atoms with Gasteiger partial charge >= 0.3 is 0 Å². The van der Waals surface area contributed by atoms with Gasteiger partial charge in [-0.2, -0.15) is 4.98 Å². The first-order valence-corrected chi connectivity index (χ1v) is 6.24. The largest absolute Gasteiger partial charge is 0.376 e. The van der Waals surface area contributed by atoms with E-state index in [1.54, 1.807) is 0 Å². The van der Waals surface area contributed by atoms with Crippen molar-refractivity contribution in [1.82, 2.24) is 15.0 Å². The Bertz CT molecular complexity index is 364. The second-order valence-electron chi connectivity index (χ2n) is 5.12. The van der Waals surface area contributed by atoms with Gasteiger partial charge in [0.1, 0.15) is 0 Å². The molecular formula is C12H21N3O2. The lowest BCUT2D eigenvalue weighted by atomic mass is 10.2. The fraction of sp³-hybridized carbons (Fsp3) is 0.833. The molecule has 1 aliphatic heterocycles. The predicted molar refractivity (Wildman–Crippen MR) is 63.7 cm³/mol. The van der Waals surface area contributed by atoms with Crippen LogP contribution in [-0.2, 0) is 11.3 Å². The maximum absolute atomic E-state index is 5.59. The number of morpholine rings is 1. The Labute approximate surface area is 102 Å². The van der Waals surface area contributed by atoms with Crippen LogP contribution in [0.2, 0.25) is 0 Å². The molecule has 96 valence electrons. The van der Waals surface area contributed by atoms with Gasteiger partial charge < -0.3 is 9.26 Å². The number of nitrogens with zero attached hydrogens (tertiary/aromatic N) is 3. The van der Waals surface area contributed by atoms with Gasteiger partial charge in [-0.05, 0) is 13.8 Å². The first-order chi connectivity index (χ1) is 8.06. The fourth-order valence-corrected chi connectivity index (χ4v) is 1.93. The van der Waals surface area contributed by atoms with E-state index in [1.165, 1.54) is 0 Å². The van der Waals surface area contributed by atoms with Gasteiger partial charge in [0.2, 0.25) is 5.89 Å². The third kappa shape index (κ3) is 3.04. The van der Waals surface area contributed by atoms with E-state index in [1.807, 2.05) is 0 Å². The summed E-state index contributed by atoms with van der Waals surface area (Å²) in [6, 6.07) is 0.403. The molecule has 5 heteroatoms. The lowest BCUT2D eigenvalue weighted by Gasteiger charge is -2.35. The highest BCUT2D eigenvalue weighted by atomic mass is 16.5. The highest BCUT2D eigenvalue weighted by Crippen LogP contribution is 2.16. The molecule has 0 aromatic carbocycles. The molecule has 0 bridgehead atoms. The SMILES string of the molecule is CC(C)c1noc(CN2C[C@@H](C)OC[C@H]2C)n1. The number of hydrogen-bond acceptors (Lipinski definition) is 5. The summed E-state index contributed by atoms with van der Waals surface area (Å²) >= 11 is 0. The number of aromatic nitrogens is 2. The van der Waals surface area contributed by atoms with Crippen LogP contribution >= 0.6 is 0 Å². The van der Waals surface area contributed by atoms with Gasteiger partial charge in [-0.15, -0.1) is 0 Å². The molecule has 1 saturated heterocycles. The number of rotatable bonds is 3. The van der Waals surface area contributed by atoms with Crippen LogP contribution in [0.3, 0.4) is 0 Å². The monoisotopic (exact) mass is 239 g/mol. The molecule has 2 heterocycles. The van der Waals surface area contributed by atoms with Crippen LogP contribution in [0.1, 0.15) is 45.3 Å². The van der Waals surface area contributed by atoms with Crippen LogP contribution in [-0.4, -0.2) is 40.3 Å². The quantitative estimate of drug-likeness (QED) is 0.805. The molecule has 0 radical (unpaired) electrons. The van der Waals surface area contributed by atoms with Crippen LogP contribution in [0.5, 0.6) is 0 Å². The molecule has 2 atom stereocenters. The Morgan fingerprint density at radius 2 is 2.18 bits per heavy atom. The molecule has 0 unspecified atom stereocenters. The molecule has 0 spiro atoms. The first-order valence-electron chi connectivity index (χ1n) is 6.24. The van der Waals surface area contributed by atoms with E-state index in [2.05, 4.69) is 42.7 Å². The van der Waals surface area contributed by atoms with Crippen LogP contribution in [0.15, 0.2) is 4.52 Å². The lowest BCUT2D eigenvalue weighted by molar-refractivity contribution is -0.0555. The molecule has 0 aliphatic carbocycles. The topological polar surface area (TPSA) is 51.4 Å². The van der Waals surface area contributed by atoms with Gasteiger partial charge in [0, 0.05) is 18.5 Å². The van der Waals surface area contributed by atoms with Gasteiger partial charge in [0.15, 0.2) is 5.82 Å². The molecular weight excluding hydrogens is 218 g/mol. The Hall–Kier alpha value is -0.940. The molecule has 0 saturated carbocycles. The first kappa shape index (κ1) is 12.5. The summed E-state index contributed by atoms with van der Waals surface area (Å²) in [5, 5.41) is 3.98. The molecule has 0 amide bonds. The maximum atomic E-state index is 5.59. The van der Waals surface area contributed by atoms with Crippen molar-refractivity contribution in [2.24, 2.45) is 0 Å². The fourth-order valence-electron chi connectivity index (χ4n) is 1.93. The van der Waals surface area contributed by atoms with Crippen molar-refractivity contribution in [3.05, 3.63) is 11.7 Å².